The van der Waals surface area contributed by atoms with Gasteiger partial charge in [-0.25, -0.2) is 4.98 Å². The molecule has 2 aromatic heterocycles. The number of nitrogens with zero attached hydrogens (tertiary/aromatic N) is 1. The smallest absolute Gasteiger partial charge is 0.259 e. The van der Waals surface area contributed by atoms with Crippen molar-refractivity contribution < 1.29 is 14.0 Å². The largest absolute Gasteiger partial charge is 0.464 e. The molecule has 4 aromatic rings. The summed E-state index contributed by atoms with van der Waals surface area (Å²) in [5.74, 6) is -0.232. The van der Waals surface area contributed by atoms with Gasteiger partial charge in [-0.1, -0.05) is 30.3 Å². The second-order valence-electron chi connectivity index (χ2n) is 6.74. The van der Waals surface area contributed by atoms with Gasteiger partial charge in [0.15, 0.2) is 5.82 Å². The number of benzene rings is 2. The van der Waals surface area contributed by atoms with Crippen LogP contribution in [0.25, 0.3) is 11.0 Å². The maximum absolute atomic E-state index is 13.0. The quantitative estimate of drug-likeness (QED) is 0.459. The van der Waals surface area contributed by atoms with E-state index in [1.54, 1.807) is 30.5 Å². The number of carbonyl (C=O) groups excluding carboxylic acids is 2. The first-order valence-corrected chi connectivity index (χ1v) is 9.39. The molecule has 0 bridgehead atoms. The Labute approximate surface area is 173 Å². The molecule has 0 saturated heterocycles. The van der Waals surface area contributed by atoms with Crippen molar-refractivity contribution in [1.82, 2.24) is 10.3 Å². The van der Waals surface area contributed by atoms with Crippen LogP contribution in [0.3, 0.4) is 0 Å². The van der Waals surface area contributed by atoms with Crippen LogP contribution in [-0.4, -0.2) is 23.8 Å². The molecule has 0 atom stereocenters. The molecule has 0 radical (unpaired) electrons. The predicted molar refractivity (Wildman–Crippen MR) is 116 cm³/mol. The number of hydrogen-bond acceptors (Lipinski definition) is 5. The number of fused-ring (bicyclic) bond motifs is 1. The van der Waals surface area contributed by atoms with Gasteiger partial charge in [-0.2, -0.15) is 0 Å². The summed E-state index contributed by atoms with van der Waals surface area (Å²) in [6, 6.07) is 16.5. The Balaban J connectivity index is 1.72. The number of carbonyl (C=O) groups is 2. The Hall–Kier alpha value is -4.13. The summed E-state index contributed by atoms with van der Waals surface area (Å²) >= 11 is 0. The zero-order valence-corrected chi connectivity index (χ0v) is 16.5. The van der Waals surface area contributed by atoms with E-state index in [0.717, 1.165) is 16.6 Å². The fourth-order valence-corrected chi connectivity index (χ4v) is 3.13. The van der Waals surface area contributed by atoms with Gasteiger partial charge in [0.2, 0.25) is 0 Å². The fraction of sp³-hybridized carbons (Fsp3) is 0.0870. The summed E-state index contributed by atoms with van der Waals surface area (Å²) in [7, 11) is 1.54. The summed E-state index contributed by atoms with van der Waals surface area (Å²) in [5, 5.41) is 9.49. The van der Waals surface area contributed by atoms with Gasteiger partial charge in [0.1, 0.15) is 5.58 Å². The Morgan fingerprint density at radius 3 is 2.60 bits per heavy atom. The van der Waals surface area contributed by atoms with E-state index in [9.17, 15) is 9.59 Å². The molecule has 2 heterocycles. The van der Waals surface area contributed by atoms with E-state index < -0.39 is 0 Å². The van der Waals surface area contributed by atoms with Crippen molar-refractivity contribution in [3.63, 3.8) is 0 Å². The number of nitrogens with one attached hydrogen (secondary N) is 3. The molecule has 0 unspecified atom stereocenters. The third-order valence-corrected chi connectivity index (χ3v) is 4.75. The average Bonchev–Trinajstić information content (AvgIpc) is 3.24. The van der Waals surface area contributed by atoms with Crippen molar-refractivity contribution in [3.05, 3.63) is 83.7 Å². The second kappa shape index (κ2) is 8.08. The highest BCUT2D eigenvalue weighted by molar-refractivity contribution is 6.12. The molecular formula is C23H20N4O3. The van der Waals surface area contributed by atoms with E-state index in [0.29, 0.717) is 28.2 Å². The van der Waals surface area contributed by atoms with Gasteiger partial charge < -0.3 is 20.4 Å². The van der Waals surface area contributed by atoms with Gasteiger partial charge in [0.05, 0.1) is 23.1 Å². The van der Waals surface area contributed by atoms with Crippen LogP contribution in [0, 0.1) is 6.92 Å². The molecule has 2 amide bonds. The van der Waals surface area contributed by atoms with Gasteiger partial charge in [0.25, 0.3) is 11.8 Å². The lowest BCUT2D eigenvalue weighted by Gasteiger charge is -2.15. The van der Waals surface area contributed by atoms with Gasteiger partial charge in [-0.3, -0.25) is 9.59 Å². The maximum atomic E-state index is 13.0. The van der Waals surface area contributed by atoms with E-state index >= 15 is 0 Å². The highest BCUT2D eigenvalue weighted by atomic mass is 16.3. The van der Waals surface area contributed by atoms with Crippen molar-refractivity contribution in [2.75, 3.05) is 17.7 Å². The van der Waals surface area contributed by atoms with Gasteiger partial charge in [0, 0.05) is 24.3 Å². The van der Waals surface area contributed by atoms with Gasteiger partial charge in [-0.15, -0.1) is 0 Å². The monoisotopic (exact) mass is 400 g/mol. The maximum Gasteiger partial charge on any atom is 0.259 e. The second-order valence-corrected chi connectivity index (χ2v) is 6.74. The highest BCUT2D eigenvalue weighted by Crippen LogP contribution is 2.28. The minimum atomic E-state index is -0.362. The molecule has 0 saturated carbocycles. The van der Waals surface area contributed by atoms with Crippen LogP contribution in [0.1, 0.15) is 26.3 Å². The summed E-state index contributed by atoms with van der Waals surface area (Å²) in [6.45, 7) is 1.97. The van der Waals surface area contributed by atoms with E-state index in [1.807, 2.05) is 37.3 Å². The third-order valence-electron chi connectivity index (χ3n) is 4.75. The molecule has 0 aliphatic heterocycles. The summed E-state index contributed by atoms with van der Waals surface area (Å²) in [5.41, 5.74) is 3.48. The summed E-state index contributed by atoms with van der Waals surface area (Å²) < 4.78 is 5.47. The van der Waals surface area contributed by atoms with E-state index in [1.165, 1.54) is 13.2 Å². The van der Waals surface area contributed by atoms with Gasteiger partial charge in [-0.05, 0) is 36.8 Å². The fourth-order valence-electron chi connectivity index (χ4n) is 3.13. The minimum Gasteiger partial charge on any atom is -0.464 e. The van der Waals surface area contributed by atoms with E-state index in [2.05, 4.69) is 20.9 Å². The van der Waals surface area contributed by atoms with Crippen LogP contribution in [0.2, 0.25) is 0 Å². The topological polar surface area (TPSA) is 96.3 Å². The van der Waals surface area contributed by atoms with E-state index in [4.69, 9.17) is 4.42 Å². The number of para-hydroxylation sites is 2. The van der Waals surface area contributed by atoms with Crippen molar-refractivity contribution in [2.45, 2.75) is 6.92 Å². The van der Waals surface area contributed by atoms with E-state index in [-0.39, 0.29) is 11.8 Å². The number of aryl methyl sites for hydroxylation is 1. The molecule has 2 aromatic carbocycles. The molecular weight excluding hydrogens is 380 g/mol. The summed E-state index contributed by atoms with van der Waals surface area (Å²) in [4.78, 5) is 29.5. The van der Waals surface area contributed by atoms with Crippen molar-refractivity contribution in [2.24, 2.45) is 0 Å². The molecule has 150 valence electrons. The van der Waals surface area contributed by atoms with Gasteiger partial charge >= 0.3 is 0 Å². The molecule has 3 N–H and O–H groups in total. The first-order chi connectivity index (χ1) is 14.6. The molecule has 30 heavy (non-hydrogen) atoms. The molecule has 0 fully saturated rings. The Bertz CT molecular complexity index is 1250. The van der Waals surface area contributed by atoms with Crippen molar-refractivity contribution in [1.29, 1.82) is 0 Å². The number of furan rings is 1. The third kappa shape index (κ3) is 3.73. The first-order valence-electron chi connectivity index (χ1n) is 9.39. The molecule has 0 aliphatic rings. The SMILES string of the molecule is CNC(=O)c1cnc(Nc2ccccc2C)c(NC(=O)c2cccc3ccoc23)c1. The molecule has 0 aliphatic carbocycles. The number of hydrogen-bond donors (Lipinski definition) is 3. The highest BCUT2D eigenvalue weighted by Gasteiger charge is 2.17. The van der Waals surface area contributed by atoms with Crippen LogP contribution in [0.4, 0.5) is 17.2 Å². The number of aromatic nitrogens is 1. The number of pyridine rings is 1. The first kappa shape index (κ1) is 19.2. The molecule has 0 spiro atoms. The molecule has 4 rings (SSSR count). The Morgan fingerprint density at radius 2 is 1.80 bits per heavy atom. The van der Waals surface area contributed by atoms with Crippen LogP contribution in [0.15, 0.2) is 71.5 Å². The summed E-state index contributed by atoms with van der Waals surface area (Å²) in [6.07, 6.45) is 3.00. The standard InChI is InChI=1S/C23H20N4O3/c1-14-6-3-4-9-18(14)26-21-19(12-16(13-25-21)22(28)24-2)27-23(29)17-8-5-7-15-10-11-30-20(15)17/h3-13H,1-2H3,(H,24,28)(H,25,26)(H,27,29). The number of rotatable bonds is 5. The Kier molecular flexibility index (Phi) is 5.17. The zero-order valence-electron chi connectivity index (χ0n) is 16.5. The van der Waals surface area contributed by atoms with Crippen LogP contribution in [-0.2, 0) is 0 Å². The normalized spacial score (nSPS) is 10.6. The molecule has 7 heteroatoms. The minimum absolute atomic E-state index is 0.298. The lowest BCUT2D eigenvalue weighted by molar-refractivity contribution is 0.0961. The van der Waals surface area contributed by atoms with Crippen molar-refractivity contribution >= 4 is 40.0 Å². The lowest BCUT2D eigenvalue weighted by Crippen LogP contribution is -2.20. The van der Waals surface area contributed by atoms with Crippen LogP contribution < -0.4 is 16.0 Å². The number of anilines is 3. The lowest BCUT2D eigenvalue weighted by atomic mass is 10.1. The predicted octanol–water partition coefficient (Wildman–Crippen LogP) is 4.49. The number of amides is 2. The van der Waals surface area contributed by atoms with Crippen LogP contribution in [0.5, 0.6) is 0 Å². The zero-order chi connectivity index (χ0) is 21.1. The van der Waals surface area contributed by atoms with Crippen molar-refractivity contribution in [3.8, 4) is 0 Å². The average molecular weight is 400 g/mol. The van der Waals surface area contributed by atoms with Crippen LogP contribution >= 0.6 is 0 Å². The Morgan fingerprint density at radius 1 is 0.967 bits per heavy atom. The molecule has 7 nitrogen and oxygen atoms in total.